The molecular formula is C10H12ClFN2O. The van der Waals surface area contributed by atoms with E-state index in [9.17, 15) is 4.39 Å². The summed E-state index contributed by atoms with van der Waals surface area (Å²) in [5.41, 5.74) is 0.879. The maximum atomic E-state index is 13.8. The van der Waals surface area contributed by atoms with E-state index in [4.69, 9.17) is 16.3 Å². The molecule has 15 heavy (non-hydrogen) atoms. The molecule has 1 aromatic rings. The summed E-state index contributed by atoms with van der Waals surface area (Å²) in [6.07, 6.45) is 1.59. The molecule has 2 rings (SSSR count). The molecular weight excluding hydrogens is 219 g/mol. The zero-order valence-corrected chi connectivity index (χ0v) is 9.00. The van der Waals surface area contributed by atoms with Crippen LogP contribution in [0, 0.1) is 5.82 Å². The van der Waals surface area contributed by atoms with E-state index in [1.165, 1.54) is 0 Å². The van der Waals surface area contributed by atoms with Crippen LogP contribution in [0.2, 0.25) is 0 Å². The molecule has 1 aromatic heterocycles. The fourth-order valence-corrected chi connectivity index (χ4v) is 1.80. The molecule has 0 spiro atoms. The minimum Gasteiger partial charge on any atom is -0.378 e. The van der Waals surface area contributed by atoms with Crippen LogP contribution in [0.3, 0.4) is 0 Å². The molecule has 0 radical (unpaired) electrons. The zero-order chi connectivity index (χ0) is 10.7. The van der Waals surface area contributed by atoms with E-state index in [-0.39, 0.29) is 11.7 Å². The van der Waals surface area contributed by atoms with Crippen molar-refractivity contribution >= 4 is 17.3 Å². The van der Waals surface area contributed by atoms with Crippen molar-refractivity contribution < 1.29 is 9.13 Å². The lowest BCUT2D eigenvalue weighted by atomic mass is 10.2. The Hall–Kier alpha value is -0.870. The first-order valence-electron chi connectivity index (χ1n) is 4.85. The van der Waals surface area contributed by atoms with Crippen LogP contribution in [-0.2, 0) is 10.6 Å². The highest BCUT2D eigenvalue weighted by atomic mass is 35.5. The molecule has 1 saturated heterocycles. The van der Waals surface area contributed by atoms with Gasteiger partial charge in [0.15, 0.2) is 5.82 Å². The van der Waals surface area contributed by atoms with Crippen molar-refractivity contribution in [1.29, 1.82) is 0 Å². The van der Waals surface area contributed by atoms with E-state index in [1.807, 2.05) is 4.90 Å². The van der Waals surface area contributed by atoms with E-state index in [0.29, 0.717) is 37.7 Å². The molecule has 2 heterocycles. The summed E-state index contributed by atoms with van der Waals surface area (Å²) < 4.78 is 19.0. The number of halogens is 2. The van der Waals surface area contributed by atoms with Crippen LogP contribution in [0.25, 0.3) is 0 Å². The quantitative estimate of drug-likeness (QED) is 0.725. The first-order chi connectivity index (χ1) is 7.33. The van der Waals surface area contributed by atoms with Crippen LogP contribution in [-0.4, -0.2) is 31.3 Å². The van der Waals surface area contributed by atoms with E-state index in [0.717, 1.165) is 0 Å². The normalized spacial score (nSPS) is 16.8. The second kappa shape index (κ2) is 4.77. The fraction of sp³-hybridized carbons (Fsp3) is 0.500. The first-order valence-corrected chi connectivity index (χ1v) is 5.38. The minimum absolute atomic E-state index is 0.101. The van der Waals surface area contributed by atoms with Crippen molar-refractivity contribution in [3.05, 3.63) is 23.8 Å². The monoisotopic (exact) mass is 230 g/mol. The van der Waals surface area contributed by atoms with Crippen LogP contribution in [0.4, 0.5) is 10.1 Å². The third-order valence-corrected chi connectivity index (χ3v) is 2.67. The summed E-state index contributed by atoms with van der Waals surface area (Å²) in [7, 11) is 0. The molecule has 82 valence electrons. The second-order valence-corrected chi connectivity index (χ2v) is 3.59. The van der Waals surface area contributed by atoms with Crippen molar-refractivity contribution in [2.24, 2.45) is 0 Å². The van der Waals surface area contributed by atoms with Crippen LogP contribution in [0.15, 0.2) is 12.3 Å². The van der Waals surface area contributed by atoms with Gasteiger partial charge in [-0.05, 0) is 6.07 Å². The summed E-state index contributed by atoms with van der Waals surface area (Å²) >= 11 is 5.60. The number of hydrogen-bond donors (Lipinski definition) is 0. The molecule has 0 amide bonds. The summed E-state index contributed by atoms with van der Waals surface area (Å²) in [6, 6.07) is 1.68. The number of hydrogen-bond acceptors (Lipinski definition) is 3. The van der Waals surface area contributed by atoms with Crippen molar-refractivity contribution in [3.63, 3.8) is 0 Å². The third kappa shape index (κ3) is 2.21. The SMILES string of the molecule is Fc1c(N2CCOCC2)ccnc1CCl. The van der Waals surface area contributed by atoms with E-state index >= 15 is 0 Å². The van der Waals surface area contributed by atoms with Crippen LogP contribution < -0.4 is 4.90 Å². The largest absolute Gasteiger partial charge is 0.378 e. The Morgan fingerprint density at radius 2 is 2.20 bits per heavy atom. The van der Waals surface area contributed by atoms with E-state index in [2.05, 4.69) is 4.98 Å². The van der Waals surface area contributed by atoms with Crippen LogP contribution in [0.5, 0.6) is 0 Å². The van der Waals surface area contributed by atoms with Crippen LogP contribution >= 0.6 is 11.6 Å². The lowest BCUT2D eigenvalue weighted by molar-refractivity contribution is 0.122. The lowest BCUT2D eigenvalue weighted by Gasteiger charge is -2.29. The van der Waals surface area contributed by atoms with Gasteiger partial charge in [-0.3, -0.25) is 4.98 Å². The minimum atomic E-state index is -0.311. The molecule has 0 aromatic carbocycles. The van der Waals surface area contributed by atoms with Crippen LogP contribution in [0.1, 0.15) is 5.69 Å². The smallest absolute Gasteiger partial charge is 0.169 e. The molecule has 0 aliphatic carbocycles. The number of aromatic nitrogens is 1. The molecule has 0 bridgehead atoms. The van der Waals surface area contributed by atoms with Crippen molar-refractivity contribution in [2.45, 2.75) is 5.88 Å². The second-order valence-electron chi connectivity index (χ2n) is 3.32. The average molecular weight is 231 g/mol. The molecule has 3 nitrogen and oxygen atoms in total. The van der Waals surface area contributed by atoms with Gasteiger partial charge >= 0.3 is 0 Å². The first kappa shape index (κ1) is 10.6. The molecule has 0 unspecified atom stereocenters. The Kier molecular flexibility index (Phi) is 3.38. The Bertz CT molecular complexity index is 342. The van der Waals surface area contributed by atoms with Gasteiger partial charge < -0.3 is 9.64 Å². The van der Waals surface area contributed by atoms with Gasteiger partial charge in [0.25, 0.3) is 0 Å². The Balaban J connectivity index is 2.26. The molecule has 5 heteroatoms. The van der Waals surface area contributed by atoms with Gasteiger partial charge in [0.2, 0.25) is 0 Å². The molecule has 0 atom stereocenters. The number of pyridine rings is 1. The summed E-state index contributed by atoms with van der Waals surface area (Å²) in [4.78, 5) is 5.84. The predicted octanol–water partition coefficient (Wildman–Crippen LogP) is 1.80. The number of alkyl halides is 1. The maximum Gasteiger partial charge on any atom is 0.169 e. The van der Waals surface area contributed by atoms with Crippen molar-refractivity contribution in [1.82, 2.24) is 4.98 Å². The van der Waals surface area contributed by atoms with Gasteiger partial charge in [0, 0.05) is 19.3 Å². The lowest BCUT2D eigenvalue weighted by Crippen LogP contribution is -2.36. The number of anilines is 1. The molecule has 1 aliphatic heterocycles. The van der Waals surface area contributed by atoms with Gasteiger partial charge in [-0.15, -0.1) is 11.6 Å². The fourth-order valence-electron chi connectivity index (χ4n) is 1.62. The third-order valence-electron chi connectivity index (χ3n) is 2.42. The molecule has 1 fully saturated rings. The zero-order valence-electron chi connectivity index (χ0n) is 8.25. The Labute approximate surface area is 92.8 Å². The number of morpholine rings is 1. The highest BCUT2D eigenvalue weighted by molar-refractivity contribution is 6.16. The molecule has 0 N–H and O–H groups in total. The van der Waals surface area contributed by atoms with Crippen molar-refractivity contribution in [2.75, 3.05) is 31.2 Å². The van der Waals surface area contributed by atoms with E-state index < -0.39 is 0 Å². The van der Waals surface area contributed by atoms with E-state index in [1.54, 1.807) is 12.3 Å². The topological polar surface area (TPSA) is 25.4 Å². The summed E-state index contributed by atoms with van der Waals surface area (Å²) in [5, 5.41) is 0. The molecule has 0 saturated carbocycles. The van der Waals surface area contributed by atoms with Gasteiger partial charge in [-0.25, -0.2) is 4.39 Å². The maximum absolute atomic E-state index is 13.8. The van der Waals surface area contributed by atoms with Gasteiger partial charge in [-0.1, -0.05) is 0 Å². The number of nitrogens with zero attached hydrogens (tertiary/aromatic N) is 2. The van der Waals surface area contributed by atoms with Gasteiger partial charge in [0.05, 0.1) is 30.5 Å². The van der Waals surface area contributed by atoms with Gasteiger partial charge in [-0.2, -0.15) is 0 Å². The number of ether oxygens (including phenoxy) is 1. The highest BCUT2D eigenvalue weighted by Crippen LogP contribution is 2.22. The Morgan fingerprint density at radius 1 is 1.47 bits per heavy atom. The Morgan fingerprint density at radius 3 is 2.87 bits per heavy atom. The van der Waals surface area contributed by atoms with Gasteiger partial charge in [0.1, 0.15) is 0 Å². The van der Waals surface area contributed by atoms with Crippen molar-refractivity contribution in [3.8, 4) is 0 Å². The molecule has 1 aliphatic rings. The standard InChI is InChI=1S/C10H12ClFN2O/c11-7-8-10(12)9(1-2-13-8)14-3-5-15-6-4-14/h1-2H,3-7H2. The highest BCUT2D eigenvalue weighted by Gasteiger charge is 2.17. The summed E-state index contributed by atoms with van der Waals surface area (Å²) in [5.74, 6) is -0.210. The summed E-state index contributed by atoms with van der Waals surface area (Å²) in [6.45, 7) is 2.70. The predicted molar refractivity (Wildman–Crippen MR) is 56.8 cm³/mol. The average Bonchev–Trinajstić information content (AvgIpc) is 2.30. The number of rotatable bonds is 2.